The quantitative estimate of drug-likeness (QED) is 0.0175. The lowest BCUT2D eigenvalue weighted by molar-refractivity contribution is -0.161. The molecule has 0 saturated carbocycles. The predicted molar refractivity (Wildman–Crippen MR) is 244 cm³/mol. The number of phosphoric acid groups is 1. The molecule has 1 saturated heterocycles. The predicted octanol–water partition coefficient (Wildman–Crippen LogP) is 11.0. The van der Waals surface area contributed by atoms with Crippen LogP contribution in [-0.2, 0) is 42.2 Å². The highest BCUT2D eigenvalue weighted by Crippen LogP contribution is 2.43. The van der Waals surface area contributed by atoms with Crippen LogP contribution in [-0.4, -0.2) is 72.1 Å². The Balaban J connectivity index is 2.39. The number of carboxylic acid groups (broad SMARTS) is 1. The number of carbonyl (C=O) groups excluding carboxylic acids is 2. The van der Waals surface area contributed by atoms with Crippen molar-refractivity contribution < 1.29 is 52.2 Å². The molecule has 4 N–H and O–H groups in total. The molecular weight excluding hydrogens is 797 g/mol. The molecule has 12 nitrogen and oxygen atoms in total. The van der Waals surface area contributed by atoms with Gasteiger partial charge in [-0.2, -0.15) is 0 Å². The fourth-order valence-electron chi connectivity index (χ4n) is 5.55. The lowest BCUT2D eigenvalue weighted by Crippen LogP contribution is -2.34. The number of hydrogen-bond donors (Lipinski definition) is 3. The Hall–Kier alpha value is -3.64. The average molecular weight is 874 g/mol. The Labute approximate surface area is 366 Å². The lowest BCUT2D eigenvalue weighted by atomic mass is 10.1. The normalized spacial score (nSPS) is 17.9. The molecular formula is C48H76NO11P. The largest absolute Gasteiger partial charge is 0.480 e. The molecule has 0 spiro atoms. The van der Waals surface area contributed by atoms with Crippen LogP contribution in [0.15, 0.2) is 97.2 Å². The van der Waals surface area contributed by atoms with Gasteiger partial charge in [-0.25, -0.2) is 4.57 Å². The summed E-state index contributed by atoms with van der Waals surface area (Å²) in [6, 6.07) is -1.55. The molecule has 0 aromatic rings. The third-order valence-corrected chi connectivity index (χ3v) is 10.2. The van der Waals surface area contributed by atoms with Gasteiger partial charge in [0.1, 0.15) is 12.6 Å². The van der Waals surface area contributed by atoms with Crippen LogP contribution < -0.4 is 5.73 Å². The van der Waals surface area contributed by atoms with Crippen molar-refractivity contribution in [2.45, 2.75) is 167 Å². The highest BCUT2D eigenvalue weighted by molar-refractivity contribution is 7.47. The molecule has 0 aliphatic carbocycles. The van der Waals surface area contributed by atoms with Gasteiger partial charge < -0.3 is 29.9 Å². The molecule has 0 amide bonds. The summed E-state index contributed by atoms with van der Waals surface area (Å²) in [5.41, 5.74) is 5.33. The van der Waals surface area contributed by atoms with Crippen LogP contribution in [0.25, 0.3) is 0 Å². The van der Waals surface area contributed by atoms with Crippen molar-refractivity contribution in [1.29, 1.82) is 0 Å². The van der Waals surface area contributed by atoms with E-state index in [1.54, 1.807) is 0 Å². The van der Waals surface area contributed by atoms with Gasteiger partial charge in [0.25, 0.3) is 0 Å². The van der Waals surface area contributed by atoms with Crippen LogP contribution >= 0.6 is 7.82 Å². The summed E-state index contributed by atoms with van der Waals surface area (Å²) in [7, 11) is -4.76. The minimum Gasteiger partial charge on any atom is -0.480 e. The van der Waals surface area contributed by atoms with Gasteiger partial charge in [0, 0.05) is 12.8 Å². The Morgan fingerprint density at radius 1 is 0.590 bits per heavy atom. The van der Waals surface area contributed by atoms with Gasteiger partial charge in [-0.15, -0.1) is 0 Å². The molecule has 344 valence electrons. The van der Waals surface area contributed by atoms with E-state index >= 15 is 0 Å². The topological polar surface area (TPSA) is 184 Å². The first-order valence-corrected chi connectivity index (χ1v) is 23.9. The molecule has 13 heteroatoms. The standard InChI is InChI=1S/C48H76NO11P/c1-3-5-7-9-11-13-14-15-16-17-18-19-20-21-22-24-26-28-33-37-46(50)56-39-42(40-57-61(54,55)58-41-43(49)48(52)53)59-47(51)38-34-30-29-32-36-45-44(60-45)35-31-27-25-23-12-10-8-6-4-2/h11-13,15-16,18-19,21-23,26-29,31-32,42-45H,3-10,14,17,20,24-25,30,33-41,49H2,1-2H3,(H,52,53)(H,54,55)/b13-11-,16-15-,19-18-,22-21-,23-12-,28-26-,31-27-,32-29-/t42-,43+,44?,45?/m1/s1. The van der Waals surface area contributed by atoms with Crippen molar-refractivity contribution >= 4 is 25.7 Å². The second-order valence-corrected chi connectivity index (χ2v) is 16.3. The number of rotatable bonds is 39. The minimum atomic E-state index is -4.76. The van der Waals surface area contributed by atoms with Crippen molar-refractivity contribution in [3.8, 4) is 0 Å². The summed E-state index contributed by atoms with van der Waals surface area (Å²) in [5, 5.41) is 8.90. The summed E-state index contributed by atoms with van der Waals surface area (Å²) >= 11 is 0. The lowest BCUT2D eigenvalue weighted by Gasteiger charge is -2.20. The SMILES string of the molecule is CCCCC/C=C\C/C=C\C/C=C\C/C=C\C/C=C\CCC(=O)OC[C@H](COP(=O)(O)OC[C@H](N)C(=O)O)OC(=O)CCC/C=C\CC1OC1C/C=C\C/C=C\CCCCC. The van der Waals surface area contributed by atoms with Crippen molar-refractivity contribution in [2.24, 2.45) is 5.73 Å². The fraction of sp³-hybridized carbons (Fsp3) is 0.604. The molecule has 0 aromatic carbocycles. The smallest absolute Gasteiger partial charge is 0.472 e. The third kappa shape index (κ3) is 35.6. The van der Waals surface area contributed by atoms with Gasteiger partial charge in [0.2, 0.25) is 0 Å². The zero-order valence-corrected chi connectivity index (χ0v) is 37.8. The van der Waals surface area contributed by atoms with Gasteiger partial charge >= 0.3 is 25.7 Å². The van der Waals surface area contributed by atoms with E-state index in [0.29, 0.717) is 19.3 Å². The van der Waals surface area contributed by atoms with Crippen LogP contribution in [0.3, 0.4) is 0 Å². The van der Waals surface area contributed by atoms with Crippen molar-refractivity contribution in [3.63, 3.8) is 0 Å². The van der Waals surface area contributed by atoms with Gasteiger partial charge in [0.15, 0.2) is 6.10 Å². The van der Waals surface area contributed by atoms with E-state index in [4.69, 9.17) is 29.6 Å². The summed E-state index contributed by atoms with van der Waals surface area (Å²) < 4.78 is 38.3. The Morgan fingerprint density at radius 3 is 1.56 bits per heavy atom. The Morgan fingerprint density at radius 2 is 1.03 bits per heavy atom. The summed E-state index contributed by atoms with van der Waals surface area (Å²) in [4.78, 5) is 46.0. The maximum Gasteiger partial charge on any atom is 0.472 e. The van der Waals surface area contributed by atoms with E-state index in [2.05, 4.69) is 91.3 Å². The molecule has 0 aromatic heterocycles. The number of carbonyl (C=O) groups is 3. The fourth-order valence-corrected chi connectivity index (χ4v) is 6.33. The highest BCUT2D eigenvalue weighted by Gasteiger charge is 2.36. The molecule has 5 atom stereocenters. The number of phosphoric ester groups is 1. The molecule has 1 aliphatic rings. The maximum absolute atomic E-state index is 12.7. The van der Waals surface area contributed by atoms with Gasteiger partial charge in [0.05, 0.1) is 25.4 Å². The zero-order chi connectivity index (χ0) is 44.7. The third-order valence-electron chi connectivity index (χ3n) is 9.22. The molecule has 0 radical (unpaired) electrons. The monoisotopic (exact) mass is 874 g/mol. The zero-order valence-electron chi connectivity index (χ0n) is 36.9. The molecule has 1 aliphatic heterocycles. The van der Waals surface area contributed by atoms with E-state index in [1.165, 1.54) is 38.5 Å². The second-order valence-electron chi connectivity index (χ2n) is 14.9. The highest BCUT2D eigenvalue weighted by atomic mass is 31.2. The second kappa shape index (κ2) is 38.1. The first kappa shape index (κ1) is 55.4. The van der Waals surface area contributed by atoms with Crippen molar-refractivity contribution in [2.75, 3.05) is 19.8 Å². The molecule has 1 rings (SSSR count). The van der Waals surface area contributed by atoms with Crippen LogP contribution in [0.5, 0.6) is 0 Å². The van der Waals surface area contributed by atoms with Crippen LogP contribution in [0, 0.1) is 0 Å². The minimum absolute atomic E-state index is 0.0557. The van der Waals surface area contributed by atoms with E-state index in [1.807, 2.05) is 24.3 Å². The number of nitrogens with two attached hydrogens (primary N) is 1. The number of allylic oxidation sites excluding steroid dienone is 14. The number of unbranched alkanes of at least 4 members (excludes halogenated alkanes) is 7. The Bertz CT molecular complexity index is 1460. The first-order chi connectivity index (χ1) is 29.6. The van der Waals surface area contributed by atoms with Crippen LogP contribution in [0.1, 0.15) is 142 Å². The molecule has 0 bridgehead atoms. The average Bonchev–Trinajstić information content (AvgIpc) is 4.00. The molecule has 1 fully saturated rings. The first-order valence-electron chi connectivity index (χ1n) is 22.4. The summed E-state index contributed by atoms with van der Waals surface area (Å²) in [5.74, 6) is -2.58. The van der Waals surface area contributed by atoms with Crippen LogP contribution in [0.2, 0.25) is 0 Å². The van der Waals surface area contributed by atoms with E-state index < -0.39 is 57.7 Å². The summed E-state index contributed by atoms with van der Waals surface area (Å²) in [6.45, 7) is 2.58. The number of aliphatic carboxylic acids is 1. The molecule has 61 heavy (non-hydrogen) atoms. The van der Waals surface area contributed by atoms with E-state index in [0.717, 1.165) is 57.8 Å². The van der Waals surface area contributed by atoms with E-state index in [9.17, 15) is 23.8 Å². The van der Waals surface area contributed by atoms with E-state index in [-0.39, 0.29) is 25.0 Å². The molecule has 3 unspecified atom stereocenters. The van der Waals surface area contributed by atoms with Gasteiger partial charge in [-0.05, 0) is 89.9 Å². The number of epoxide rings is 1. The van der Waals surface area contributed by atoms with Crippen molar-refractivity contribution in [3.05, 3.63) is 97.2 Å². The van der Waals surface area contributed by atoms with Crippen molar-refractivity contribution in [1.82, 2.24) is 0 Å². The van der Waals surface area contributed by atoms with Crippen LogP contribution in [0.4, 0.5) is 0 Å². The molecule has 1 heterocycles. The maximum atomic E-state index is 12.7. The Kier molecular flexibility index (Phi) is 34.6. The van der Waals surface area contributed by atoms with Gasteiger partial charge in [-0.1, -0.05) is 137 Å². The number of carboxylic acids is 1. The number of hydrogen-bond acceptors (Lipinski definition) is 10. The van der Waals surface area contributed by atoms with Gasteiger partial charge in [-0.3, -0.25) is 23.4 Å². The number of ether oxygens (including phenoxy) is 3. The summed E-state index contributed by atoms with van der Waals surface area (Å²) in [6.07, 6.45) is 50.9. The number of esters is 2.